The second-order valence-corrected chi connectivity index (χ2v) is 3.90. The molecule has 0 aliphatic rings. The van der Waals surface area contributed by atoms with Crippen LogP contribution in [0.4, 0.5) is 0 Å². The molecule has 1 aromatic carbocycles. The highest BCUT2D eigenvalue weighted by molar-refractivity contribution is 6.17. The zero-order valence-electron chi connectivity index (χ0n) is 9.42. The third-order valence-electron chi connectivity index (χ3n) is 2.09. The van der Waals surface area contributed by atoms with Gasteiger partial charge >= 0.3 is 0 Å². The molecule has 0 heterocycles. The zero-order valence-corrected chi connectivity index (χ0v) is 10.2. The predicted molar refractivity (Wildman–Crippen MR) is 62.7 cm³/mol. The zero-order chi connectivity index (χ0) is 11.3. The van der Waals surface area contributed by atoms with Gasteiger partial charge in [0.2, 0.25) is 0 Å². The summed E-state index contributed by atoms with van der Waals surface area (Å²) < 4.78 is 10.7. The van der Waals surface area contributed by atoms with Crippen LogP contribution >= 0.6 is 11.6 Å². The minimum atomic E-state index is 0.0414. The van der Waals surface area contributed by atoms with Crippen LogP contribution in [0, 0.1) is 6.92 Å². The smallest absolute Gasteiger partial charge is 0.124 e. The fraction of sp³-hybridized carbons (Fsp3) is 0.500. The van der Waals surface area contributed by atoms with Gasteiger partial charge in [-0.15, -0.1) is 11.6 Å². The Hall–Kier alpha value is -0.730. The molecule has 0 aliphatic heterocycles. The maximum atomic E-state index is 5.85. The standard InChI is InChI=1S/C12H17ClO2/c1-9-4-5-12(11(6-9)7-13)15-10(2)8-14-3/h4-6,10H,7-8H2,1-3H3. The average molecular weight is 229 g/mol. The van der Waals surface area contributed by atoms with Crippen LogP contribution in [-0.4, -0.2) is 19.8 Å². The lowest BCUT2D eigenvalue weighted by molar-refractivity contribution is 0.0915. The van der Waals surface area contributed by atoms with Gasteiger partial charge < -0.3 is 9.47 Å². The van der Waals surface area contributed by atoms with Crippen molar-refractivity contribution in [3.63, 3.8) is 0 Å². The van der Waals surface area contributed by atoms with Crippen molar-refractivity contribution in [2.75, 3.05) is 13.7 Å². The summed E-state index contributed by atoms with van der Waals surface area (Å²) in [5, 5.41) is 0. The van der Waals surface area contributed by atoms with Crippen LogP contribution in [-0.2, 0) is 10.6 Å². The predicted octanol–water partition coefficient (Wildman–Crippen LogP) is 3.15. The summed E-state index contributed by atoms with van der Waals surface area (Å²) in [6.07, 6.45) is 0.0414. The van der Waals surface area contributed by atoms with Crippen LogP contribution < -0.4 is 4.74 Å². The van der Waals surface area contributed by atoms with Crippen LogP contribution in [0.3, 0.4) is 0 Å². The van der Waals surface area contributed by atoms with Gasteiger partial charge in [0.1, 0.15) is 11.9 Å². The Morgan fingerprint density at radius 1 is 1.40 bits per heavy atom. The number of hydrogen-bond acceptors (Lipinski definition) is 2. The highest BCUT2D eigenvalue weighted by atomic mass is 35.5. The third-order valence-corrected chi connectivity index (χ3v) is 2.38. The largest absolute Gasteiger partial charge is 0.488 e. The number of alkyl halides is 1. The molecule has 1 unspecified atom stereocenters. The van der Waals surface area contributed by atoms with Gasteiger partial charge in [-0.05, 0) is 19.9 Å². The van der Waals surface area contributed by atoms with E-state index in [0.717, 1.165) is 11.3 Å². The van der Waals surface area contributed by atoms with E-state index in [1.165, 1.54) is 5.56 Å². The highest BCUT2D eigenvalue weighted by Crippen LogP contribution is 2.22. The van der Waals surface area contributed by atoms with Gasteiger partial charge in [0.25, 0.3) is 0 Å². The Bertz CT molecular complexity index is 312. The van der Waals surface area contributed by atoms with Gasteiger partial charge in [-0.1, -0.05) is 17.7 Å². The van der Waals surface area contributed by atoms with Crippen molar-refractivity contribution in [3.05, 3.63) is 29.3 Å². The summed E-state index contributed by atoms with van der Waals surface area (Å²) in [5.74, 6) is 1.32. The molecular formula is C12H17ClO2. The van der Waals surface area contributed by atoms with Crippen molar-refractivity contribution in [3.8, 4) is 5.75 Å². The first-order valence-corrected chi connectivity index (χ1v) is 5.52. The Morgan fingerprint density at radius 3 is 2.73 bits per heavy atom. The number of methoxy groups -OCH3 is 1. The SMILES string of the molecule is COCC(C)Oc1ccc(C)cc1CCl. The lowest BCUT2D eigenvalue weighted by Crippen LogP contribution is -2.18. The molecule has 0 fully saturated rings. The van der Waals surface area contributed by atoms with E-state index in [4.69, 9.17) is 21.1 Å². The lowest BCUT2D eigenvalue weighted by Gasteiger charge is -2.16. The minimum absolute atomic E-state index is 0.0414. The monoisotopic (exact) mass is 228 g/mol. The van der Waals surface area contributed by atoms with Crippen LogP contribution in [0.15, 0.2) is 18.2 Å². The molecule has 0 aliphatic carbocycles. The molecule has 0 N–H and O–H groups in total. The molecule has 0 spiro atoms. The molecule has 2 nitrogen and oxygen atoms in total. The van der Waals surface area contributed by atoms with Gasteiger partial charge in [0, 0.05) is 12.7 Å². The molecule has 0 amide bonds. The normalized spacial score (nSPS) is 12.5. The Morgan fingerprint density at radius 2 is 2.13 bits per heavy atom. The summed E-state index contributed by atoms with van der Waals surface area (Å²) in [4.78, 5) is 0. The summed E-state index contributed by atoms with van der Waals surface area (Å²) in [7, 11) is 1.66. The molecular weight excluding hydrogens is 212 g/mol. The topological polar surface area (TPSA) is 18.5 Å². The van der Waals surface area contributed by atoms with Gasteiger partial charge in [-0.25, -0.2) is 0 Å². The number of hydrogen-bond donors (Lipinski definition) is 0. The molecule has 3 heteroatoms. The summed E-state index contributed by atoms with van der Waals surface area (Å²) in [6.45, 7) is 4.59. The molecule has 15 heavy (non-hydrogen) atoms. The van der Waals surface area contributed by atoms with Gasteiger partial charge in [-0.3, -0.25) is 0 Å². The maximum Gasteiger partial charge on any atom is 0.124 e. The molecule has 0 aromatic heterocycles. The van der Waals surface area contributed by atoms with Gasteiger partial charge in [0.15, 0.2) is 0 Å². The van der Waals surface area contributed by atoms with Gasteiger partial charge in [0.05, 0.1) is 12.5 Å². The molecule has 0 saturated heterocycles. The van der Waals surface area contributed by atoms with Crippen molar-refractivity contribution >= 4 is 11.6 Å². The molecule has 0 radical (unpaired) electrons. The fourth-order valence-corrected chi connectivity index (χ4v) is 1.62. The van der Waals surface area contributed by atoms with E-state index < -0.39 is 0 Å². The summed E-state index contributed by atoms with van der Waals surface area (Å²) in [6, 6.07) is 6.02. The Kier molecular flexibility index (Phi) is 4.92. The molecule has 0 bridgehead atoms. The lowest BCUT2D eigenvalue weighted by atomic mass is 10.1. The van der Waals surface area contributed by atoms with E-state index in [0.29, 0.717) is 12.5 Å². The number of ether oxygens (including phenoxy) is 2. The van der Waals surface area contributed by atoms with Gasteiger partial charge in [-0.2, -0.15) is 0 Å². The second-order valence-electron chi connectivity index (χ2n) is 3.63. The molecule has 84 valence electrons. The van der Waals surface area contributed by atoms with Crippen molar-refractivity contribution < 1.29 is 9.47 Å². The van der Waals surface area contributed by atoms with Crippen molar-refractivity contribution in [1.82, 2.24) is 0 Å². The molecule has 1 aromatic rings. The van der Waals surface area contributed by atoms with Crippen molar-refractivity contribution in [2.24, 2.45) is 0 Å². The number of benzene rings is 1. The van der Waals surface area contributed by atoms with Crippen LogP contribution in [0.2, 0.25) is 0 Å². The Labute approximate surface area is 96.2 Å². The van der Waals surface area contributed by atoms with E-state index in [9.17, 15) is 0 Å². The summed E-state index contributed by atoms with van der Waals surface area (Å²) >= 11 is 5.85. The number of halogens is 1. The number of rotatable bonds is 5. The van der Waals surface area contributed by atoms with Crippen LogP contribution in [0.1, 0.15) is 18.1 Å². The van der Waals surface area contributed by atoms with E-state index >= 15 is 0 Å². The molecule has 1 rings (SSSR count). The first kappa shape index (κ1) is 12.3. The van der Waals surface area contributed by atoms with Crippen molar-refractivity contribution in [2.45, 2.75) is 25.8 Å². The van der Waals surface area contributed by atoms with Crippen LogP contribution in [0.5, 0.6) is 5.75 Å². The third kappa shape index (κ3) is 3.73. The fourth-order valence-electron chi connectivity index (χ4n) is 1.41. The first-order valence-electron chi connectivity index (χ1n) is 4.98. The van der Waals surface area contributed by atoms with Crippen LogP contribution in [0.25, 0.3) is 0 Å². The first-order chi connectivity index (χ1) is 7.17. The van der Waals surface area contributed by atoms with Crippen molar-refractivity contribution in [1.29, 1.82) is 0 Å². The second kappa shape index (κ2) is 5.99. The maximum absolute atomic E-state index is 5.85. The van der Waals surface area contributed by atoms with E-state index in [2.05, 4.69) is 0 Å². The molecule has 0 saturated carbocycles. The minimum Gasteiger partial charge on any atom is -0.488 e. The number of aryl methyl sites for hydroxylation is 1. The quantitative estimate of drug-likeness (QED) is 0.721. The molecule has 1 atom stereocenters. The Balaban J connectivity index is 2.75. The van der Waals surface area contributed by atoms with E-state index in [1.807, 2.05) is 32.0 Å². The van der Waals surface area contributed by atoms with E-state index in [1.54, 1.807) is 7.11 Å². The highest BCUT2D eigenvalue weighted by Gasteiger charge is 2.07. The van der Waals surface area contributed by atoms with E-state index in [-0.39, 0.29) is 6.10 Å². The summed E-state index contributed by atoms with van der Waals surface area (Å²) in [5.41, 5.74) is 2.22. The average Bonchev–Trinajstić information content (AvgIpc) is 2.21.